The van der Waals surface area contributed by atoms with Crippen molar-refractivity contribution < 1.29 is 27.8 Å². The number of benzene rings is 1. The second kappa shape index (κ2) is 4.68. The van der Waals surface area contributed by atoms with E-state index in [0.717, 1.165) is 12.1 Å². The van der Waals surface area contributed by atoms with Crippen molar-refractivity contribution in [1.29, 1.82) is 0 Å². The summed E-state index contributed by atoms with van der Waals surface area (Å²) >= 11 is 5.63. The molecule has 1 aromatic rings. The fourth-order valence-corrected chi connectivity index (χ4v) is 1.30. The molecule has 0 unspecified atom stereocenters. The van der Waals surface area contributed by atoms with Gasteiger partial charge in [-0.1, -0.05) is 11.6 Å². The normalized spacial score (nSPS) is 12.3. The molecular formula is C11H10ClF3O3. The molecule has 0 heterocycles. The van der Waals surface area contributed by atoms with Crippen molar-refractivity contribution in [3.8, 4) is 5.75 Å². The molecule has 100 valence electrons. The molecule has 0 aliphatic carbocycles. The first kappa shape index (κ1) is 14.6. The van der Waals surface area contributed by atoms with Gasteiger partial charge in [0.2, 0.25) is 0 Å². The van der Waals surface area contributed by atoms with Crippen molar-refractivity contribution in [2.24, 2.45) is 0 Å². The quantitative estimate of drug-likeness (QED) is 0.921. The van der Waals surface area contributed by atoms with Gasteiger partial charge in [0.05, 0.1) is 10.6 Å². The van der Waals surface area contributed by atoms with E-state index >= 15 is 0 Å². The summed E-state index contributed by atoms with van der Waals surface area (Å²) in [4.78, 5) is 10.8. The van der Waals surface area contributed by atoms with Gasteiger partial charge in [0, 0.05) is 0 Å². The van der Waals surface area contributed by atoms with Crippen molar-refractivity contribution in [3.63, 3.8) is 0 Å². The van der Waals surface area contributed by atoms with E-state index in [1.165, 1.54) is 13.8 Å². The Kier molecular flexibility index (Phi) is 3.81. The van der Waals surface area contributed by atoms with E-state index in [0.29, 0.717) is 6.07 Å². The number of halogens is 4. The Bertz CT molecular complexity index is 469. The monoisotopic (exact) mass is 282 g/mol. The Morgan fingerprint density at radius 2 is 1.89 bits per heavy atom. The van der Waals surface area contributed by atoms with Crippen molar-refractivity contribution >= 4 is 17.6 Å². The minimum atomic E-state index is -4.51. The summed E-state index contributed by atoms with van der Waals surface area (Å²) in [6, 6.07) is 2.46. The van der Waals surface area contributed by atoms with Gasteiger partial charge in [-0.25, -0.2) is 4.79 Å². The lowest BCUT2D eigenvalue weighted by Crippen LogP contribution is -2.37. The van der Waals surface area contributed by atoms with Crippen LogP contribution in [-0.4, -0.2) is 16.7 Å². The lowest BCUT2D eigenvalue weighted by Gasteiger charge is -2.22. The maximum atomic E-state index is 12.4. The van der Waals surface area contributed by atoms with Crippen LogP contribution in [0.3, 0.4) is 0 Å². The largest absolute Gasteiger partial charge is 0.478 e. The number of carboxylic acids is 1. The summed E-state index contributed by atoms with van der Waals surface area (Å²) < 4.78 is 42.2. The van der Waals surface area contributed by atoms with Crippen molar-refractivity contribution in [3.05, 3.63) is 28.8 Å². The number of rotatable bonds is 3. The standard InChI is InChI=1S/C11H10ClF3O3/c1-10(2,9(16)17)18-8-4-3-6(5-7(8)12)11(13,14)15/h3-5H,1-2H3,(H,16,17). The van der Waals surface area contributed by atoms with Crippen LogP contribution in [-0.2, 0) is 11.0 Å². The zero-order valence-corrected chi connectivity index (χ0v) is 10.3. The molecule has 0 aromatic heterocycles. The third-order valence-corrected chi connectivity index (χ3v) is 2.43. The van der Waals surface area contributed by atoms with E-state index in [4.69, 9.17) is 21.4 Å². The predicted octanol–water partition coefficient (Wildman–Crippen LogP) is 3.60. The number of hydrogen-bond donors (Lipinski definition) is 1. The van der Waals surface area contributed by atoms with Crippen LogP contribution >= 0.6 is 11.6 Å². The molecule has 0 saturated heterocycles. The van der Waals surface area contributed by atoms with E-state index in [1.807, 2.05) is 0 Å². The lowest BCUT2D eigenvalue weighted by molar-refractivity contribution is -0.152. The third-order valence-electron chi connectivity index (χ3n) is 2.14. The number of ether oxygens (including phenoxy) is 1. The maximum absolute atomic E-state index is 12.4. The smallest absolute Gasteiger partial charge is 0.416 e. The number of aliphatic carboxylic acids is 1. The molecule has 1 N–H and O–H groups in total. The minimum absolute atomic E-state index is 0.114. The summed E-state index contributed by atoms with van der Waals surface area (Å²) in [5.74, 6) is -1.37. The van der Waals surface area contributed by atoms with Gasteiger partial charge in [-0.2, -0.15) is 13.2 Å². The first-order valence-electron chi connectivity index (χ1n) is 4.83. The Balaban J connectivity index is 3.04. The average molecular weight is 283 g/mol. The van der Waals surface area contributed by atoms with Crippen molar-refractivity contribution in [1.82, 2.24) is 0 Å². The molecule has 0 aliphatic heterocycles. The van der Waals surface area contributed by atoms with Crippen LogP contribution in [0.4, 0.5) is 13.2 Å². The molecular weight excluding hydrogens is 273 g/mol. The molecule has 18 heavy (non-hydrogen) atoms. The van der Waals surface area contributed by atoms with Gasteiger partial charge >= 0.3 is 12.1 Å². The summed E-state index contributed by atoms with van der Waals surface area (Å²) in [6.45, 7) is 2.53. The molecule has 1 aromatic carbocycles. The molecule has 0 aliphatic rings. The highest BCUT2D eigenvalue weighted by Crippen LogP contribution is 2.35. The summed E-state index contributed by atoms with van der Waals surface area (Å²) in [6.07, 6.45) is -4.51. The molecule has 0 amide bonds. The summed E-state index contributed by atoms with van der Waals surface area (Å²) in [7, 11) is 0. The molecule has 0 saturated carbocycles. The molecule has 0 atom stereocenters. The van der Waals surface area contributed by atoms with Crippen LogP contribution in [0.2, 0.25) is 5.02 Å². The zero-order valence-electron chi connectivity index (χ0n) is 9.51. The molecule has 0 bridgehead atoms. The molecule has 1 rings (SSSR count). The van der Waals surface area contributed by atoms with Gasteiger partial charge in [-0.05, 0) is 32.0 Å². The average Bonchev–Trinajstić information content (AvgIpc) is 2.19. The number of carboxylic acid groups (broad SMARTS) is 1. The highest BCUT2D eigenvalue weighted by Gasteiger charge is 2.33. The van der Waals surface area contributed by atoms with Crippen LogP contribution in [0.5, 0.6) is 5.75 Å². The number of hydrogen-bond acceptors (Lipinski definition) is 2. The fourth-order valence-electron chi connectivity index (χ4n) is 1.08. The predicted molar refractivity (Wildman–Crippen MR) is 58.8 cm³/mol. The maximum Gasteiger partial charge on any atom is 0.416 e. The van der Waals surface area contributed by atoms with Gasteiger partial charge in [-0.3, -0.25) is 0 Å². The van der Waals surface area contributed by atoms with Crippen LogP contribution in [0.1, 0.15) is 19.4 Å². The summed E-state index contributed by atoms with van der Waals surface area (Å²) in [5, 5.41) is 8.54. The first-order valence-corrected chi connectivity index (χ1v) is 5.21. The highest BCUT2D eigenvalue weighted by atomic mass is 35.5. The van der Waals surface area contributed by atoms with Crippen LogP contribution in [0.25, 0.3) is 0 Å². The Morgan fingerprint density at radius 1 is 1.33 bits per heavy atom. The Labute approximate surface area is 106 Å². The fraction of sp³-hybridized carbons (Fsp3) is 0.364. The number of carbonyl (C=O) groups is 1. The highest BCUT2D eigenvalue weighted by molar-refractivity contribution is 6.32. The van der Waals surface area contributed by atoms with Crippen LogP contribution in [0, 0.1) is 0 Å². The van der Waals surface area contributed by atoms with Gasteiger partial charge in [-0.15, -0.1) is 0 Å². The second-order valence-electron chi connectivity index (χ2n) is 4.06. The minimum Gasteiger partial charge on any atom is -0.478 e. The van der Waals surface area contributed by atoms with Gasteiger partial charge in [0.15, 0.2) is 5.60 Å². The topological polar surface area (TPSA) is 46.5 Å². The molecule has 0 radical (unpaired) electrons. The van der Waals surface area contributed by atoms with E-state index in [1.54, 1.807) is 0 Å². The molecule has 0 spiro atoms. The van der Waals surface area contributed by atoms with Crippen LogP contribution < -0.4 is 4.74 Å². The van der Waals surface area contributed by atoms with E-state index < -0.39 is 23.3 Å². The molecule has 0 fully saturated rings. The van der Waals surface area contributed by atoms with Gasteiger partial charge < -0.3 is 9.84 Å². The molecule has 7 heteroatoms. The SMILES string of the molecule is CC(C)(Oc1ccc(C(F)(F)F)cc1Cl)C(=O)O. The first-order chi connectivity index (χ1) is 8.04. The zero-order chi connectivity index (χ0) is 14.1. The Hall–Kier alpha value is -1.43. The van der Waals surface area contributed by atoms with E-state index in [9.17, 15) is 18.0 Å². The van der Waals surface area contributed by atoms with Crippen molar-refractivity contribution in [2.75, 3.05) is 0 Å². The number of alkyl halides is 3. The van der Waals surface area contributed by atoms with E-state index in [-0.39, 0.29) is 10.8 Å². The second-order valence-corrected chi connectivity index (χ2v) is 4.47. The lowest BCUT2D eigenvalue weighted by atomic mass is 10.1. The van der Waals surface area contributed by atoms with Gasteiger partial charge in [0.25, 0.3) is 0 Å². The Morgan fingerprint density at radius 3 is 2.28 bits per heavy atom. The third kappa shape index (κ3) is 3.29. The van der Waals surface area contributed by atoms with Crippen molar-refractivity contribution in [2.45, 2.75) is 25.6 Å². The molecule has 3 nitrogen and oxygen atoms in total. The summed E-state index contributed by atoms with van der Waals surface area (Å²) in [5.41, 5.74) is -2.50. The van der Waals surface area contributed by atoms with Crippen LogP contribution in [0.15, 0.2) is 18.2 Å². The van der Waals surface area contributed by atoms with Gasteiger partial charge in [0.1, 0.15) is 5.75 Å². The van der Waals surface area contributed by atoms with E-state index in [2.05, 4.69) is 0 Å².